The van der Waals surface area contributed by atoms with Gasteiger partial charge >= 0.3 is 0 Å². The molecule has 8 heteroatoms. The van der Waals surface area contributed by atoms with Crippen LogP contribution in [-0.4, -0.2) is 31.2 Å². The van der Waals surface area contributed by atoms with Crippen molar-refractivity contribution < 1.29 is 23.5 Å². The van der Waals surface area contributed by atoms with Gasteiger partial charge in [0.05, 0.1) is 11.0 Å². The molecule has 0 aliphatic rings. The fourth-order valence-electron chi connectivity index (χ4n) is 2.06. The summed E-state index contributed by atoms with van der Waals surface area (Å²) in [6.07, 6.45) is 1.47. The highest BCUT2D eigenvalue weighted by Crippen LogP contribution is 2.15. The first-order valence-electron chi connectivity index (χ1n) is 7.37. The van der Waals surface area contributed by atoms with Crippen LogP contribution in [0.15, 0.2) is 65.6 Å². The number of benzene rings is 2. The molecule has 7 nitrogen and oxygen atoms in total. The molecule has 1 amide bonds. The minimum Gasteiger partial charge on any atom is -0.387 e. The first-order valence-corrected chi connectivity index (χ1v) is 8.85. The number of hydroxylamine groups is 1. The van der Waals surface area contributed by atoms with Gasteiger partial charge in [0.2, 0.25) is 10.0 Å². The predicted molar refractivity (Wildman–Crippen MR) is 92.0 cm³/mol. The molecule has 2 aromatic carbocycles. The third-order valence-electron chi connectivity index (χ3n) is 3.36. The quantitative estimate of drug-likeness (QED) is 0.336. The largest absolute Gasteiger partial charge is 0.387 e. The van der Waals surface area contributed by atoms with Crippen LogP contribution in [0.1, 0.15) is 17.2 Å². The molecule has 0 heterocycles. The molecule has 25 heavy (non-hydrogen) atoms. The van der Waals surface area contributed by atoms with E-state index in [0.29, 0.717) is 11.1 Å². The summed E-state index contributed by atoms with van der Waals surface area (Å²) in [5.74, 6) is -0.725. The third-order valence-corrected chi connectivity index (χ3v) is 4.78. The summed E-state index contributed by atoms with van der Waals surface area (Å²) in [5, 5.41) is 18.5. The highest BCUT2D eigenvalue weighted by Gasteiger charge is 2.16. The zero-order valence-electron chi connectivity index (χ0n) is 13.2. The van der Waals surface area contributed by atoms with E-state index in [9.17, 15) is 18.3 Å². The van der Waals surface area contributed by atoms with Gasteiger partial charge in [0.15, 0.2) is 0 Å². The van der Waals surface area contributed by atoms with E-state index in [4.69, 9.17) is 5.21 Å². The molecule has 1 atom stereocenters. The van der Waals surface area contributed by atoms with Gasteiger partial charge < -0.3 is 5.11 Å². The molecule has 2 aromatic rings. The molecule has 0 radical (unpaired) electrons. The van der Waals surface area contributed by atoms with Crippen molar-refractivity contribution in [2.75, 3.05) is 6.54 Å². The van der Waals surface area contributed by atoms with Gasteiger partial charge in [-0.25, -0.2) is 18.6 Å². The summed E-state index contributed by atoms with van der Waals surface area (Å²) in [6, 6.07) is 14.6. The van der Waals surface area contributed by atoms with Crippen LogP contribution in [-0.2, 0) is 14.8 Å². The lowest BCUT2D eigenvalue weighted by Gasteiger charge is -2.13. The monoisotopic (exact) mass is 362 g/mol. The lowest BCUT2D eigenvalue weighted by molar-refractivity contribution is -0.124. The van der Waals surface area contributed by atoms with Crippen molar-refractivity contribution in [3.63, 3.8) is 0 Å². The molecular weight excluding hydrogens is 344 g/mol. The zero-order chi connectivity index (χ0) is 18.3. The molecule has 1 unspecified atom stereocenters. The number of carbonyl (C=O) groups is 1. The Morgan fingerprint density at radius 2 is 1.84 bits per heavy atom. The first-order chi connectivity index (χ1) is 11.9. The molecule has 132 valence electrons. The molecule has 0 saturated heterocycles. The molecular formula is C17H18N2O5S. The second-order valence-electron chi connectivity index (χ2n) is 5.16. The summed E-state index contributed by atoms with van der Waals surface area (Å²) in [5.41, 5.74) is 2.52. The van der Waals surface area contributed by atoms with Crippen LogP contribution in [0, 0.1) is 0 Å². The van der Waals surface area contributed by atoms with E-state index in [1.807, 2.05) is 0 Å². The Labute approximate surface area is 145 Å². The van der Waals surface area contributed by atoms with Gasteiger partial charge in [-0.15, -0.1) is 0 Å². The van der Waals surface area contributed by atoms with Crippen molar-refractivity contribution in [3.05, 3.63) is 71.8 Å². The highest BCUT2D eigenvalue weighted by atomic mass is 32.2. The molecule has 0 saturated carbocycles. The summed E-state index contributed by atoms with van der Waals surface area (Å²) in [7, 11) is -3.82. The Morgan fingerprint density at radius 1 is 1.12 bits per heavy atom. The van der Waals surface area contributed by atoms with Gasteiger partial charge in [0.25, 0.3) is 5.91 Å². The third kappa shape index (κ3) is 5.50. The van der Waals surface area contributed by atoms with E-state index < -0.39 is 22.0 Å². The maximum Gasteiger partial charge on any atom is 0.267 e. The van der Waals surface area contributed by atoms with Gasteiger partial charge in [0, 0.05) is 12.6 Å². The molecule has 0 bridgehead atoms. The normalized spacial score (nSPS) is 12.9. The second-order valence-corrected chi connectivity index (χ2v) is 6.93. The SMILES string of the molecule is O=C(/C=C/c1cccc(S(=O)(=O)NCC(O)c2ccccc2)c1)NO. The average molecular weight is 362 g/mol. The van der Waals surface area contributed by atoms with E-state index >= 15 is 0 Å². The number of hydrogen-bond donors (Lipinski definition) is 4. The Balaban J connectivity index is 2.09. The molecule has 0 aromatic heterocycles. The summed E-state index contributed by atoms with van der Waals surface area (Å²) >= 11 is 0. The second kappa shape index (κ2) is 8.54. The van der Waals surface area contributed by atoms with Crippen LogP contribution in [0.5, 0.6) is 0 Å². The molecule has 0 aliphatic carbocycles. The Hall–Kier alpha value is -2.52. The van der Waals surface area contributed by atoms with Gasteiger partial charge in [-0.3, -0.25) is 10.0 Å². The van der Waals surface area contributed by atoms with Crippen molar-refractivity contribution in [3.8, 4) is 0 Å². The minimum absolute atomic E-state index is 0.000631. The van der Waals surface area contributed by atoms with Crippen molar-refractivity contribution >= 4 is 22.0 Å². The maximum absolute atomic E-state index is 12.3. The van der Waals surface area contributed by atoms with Crippen LogP contribution < -0.4 is 10.2 Å². The van der Waals surface area contributed by atoms with E-state index in [1.165, 1.54) is 29.8 Å². The van der Waals surface area contributed by atoms with Crippen molar-refractivity contribution in [1.29, 1.82) is 0 Å². The van der Waals surface area contributed by atoms with Crippen LogP contribution in [0.25, 0.3) is 6.08 Å². The predicted octanol–water partition coefficient (Wildman–Crippen LogP) is 1.22. The first kappa shape index (κ1) is 18.8. The molecule has 4 N–H and O–H groups in total. The number of nitrogens with one attached hydrogen (secondary N) is 2. The van der Waals surface area contributed by atoms with Crippen LogP contribution >= 0.6 is 0 Å². The van der Waals surface area contributed by atoms with E-state index in [2.05, 4.69) is 4.72 Å². The van der Waals surface area contributed by atoms with Crippen LogP contribution in [0.3, 0.4) is 0 Å². The highest BCUT2D eigenvalue weighted by molar-refractivity contribution is 7.89. The maximum atomic E-state index is 12.3. The molecule has 0 fully saturated rings. The van der Waals surface area contributed by atoms with Gasteiger partial charge in [-0.2, -0.15) is 0 Å². The van der Waals surface area contributed by atoms with Gasteiger partial charge in [-0.05, 0) is 29.3 Å². The van der Waals surface area contributed by atoms with Crippen LogP contribution in [0.4, 0.5) is 0 Å². The average Bonchev–Trinajstić information content (AvgIpc) is 2.65. The number of carbonyl (C=O) groups excluding carboxylic acids is 1. The van der Waals surface area contributed by atoms with Gasteiger partial charge in [0.1, 0.15) is 0 Å². The Kier molecular flexibility index (Phi) is 6.43. The number of rotatable bonds is 7. The number of hydrogen-bond acceptors (Lipinski definition) is 5. The lowest BCUT2D eigenvalue weighted by atomic mass is 10.1. The van der Waals surface area contributed by atoms with Crippen molar-refractivity contribution in [2.24, 2.45) is 0 Å². The Bertz CT molecular complexity index is 850. The molecule has 0 aliphatic heterocycles. The number of amides is 1. The summed E-state index contributed by atoms with van der Waals surface area (Å²) in [4.78, 5) is 11.0. The van der Waals surface area contributed by atoms with E-state index in [-0.39, 0.29) is 11.4 Å². The van der Waals surface area contributed by atoms with Gasteiger partial charge in [-0.1, -0.05) is 42.5 Å². The van der Waals surface area contributed by atoms with Crippen molar-refractivity contribution in [1.82, 2.24) is 10.2 Å². The number of aliphatic hydroxyl groups is 1. The fraction of sp³-hybridized carbons (Fsp3) is 0.118. The molecule has 0 spiro atoms. The standard InChI is InChI=1S/C17H18N2O5S/c20-16(14-6-2-1-3-7-14)12-18-25(23,24)15-8-4-5-13(11-15)9-10-17(21)19-22/h1-11,16,18,20,22H,12H2,(H,19,21)/b10-9+. The van der Waals surface area contributed by atoms with Crippen LogP contribution in [0.2, 0.25) is 0 Å². The number of sulfonamides is 1. The topological polar surface area (TPSA) is 116 Å². The smallest absolute Gasteiger partial charge is 0.267 e. The minimum atomic E-state index is -3.82. The lowest BCUT2D eigenvalue weighted by Crippen LogP contribution is -2.28. The fourth-order valence-corrected chi connectivity index (χ4v) is 3.15. The van der Waals surface area contributed by atoms with Crippen molar-refractivity contribution in [2.45, 2.75) is 11.0 Å². The summed E-state index contributed by atoms with van der Waals surface area (Å²) in [6.45, 7) is -0.167. The number of aliphatic hydroxyl groups excluding tert-OH is 1. The Morgan fingerprint density at radius 3 is 2.52 bits per heavy atom. The summed E-state index contributed by atoms with van der Waals surface area (Å²) < 4.78 is 27.1. The van der Waals surface area contributed by atoms with E-state index in [1.54, 1.807) is 36.4 Å². The van der Waals surface area contributed by atoms with E-state index in [0.717, 1.165) is 6.08 Å². The zero-order valence-corrected chi connectivity index (χ0v) is 14.0. The molecule has 2 rings (SSSR count).